The number of aryl methyl sites for hydroxylation is 1. The van der Waals surface area contributed by atoms with Crippen LogP contribution in [0.25, 0.3) is 0 Å². The Bertz CT molecular complexity index is 639. The predicted octanol–water partition coefficient (Wildman–Crippen LogP) is -0.638. The molecule has 0 atom stereocenters. The van der Waals surface area contributed by atoms with E-state index in [1.165, 1.54) is 17.9 Å². The maximum absolute atomic E-state index is 11.8. The lowest BCUT2D eigenvalue weighted by Crippen LogP contribution is -2.39. The van der Waals surface area contributed by atoms with Crippen molar-refractivity contribution in [1.82, 2.24) is 19.6 Å². The molecule has 0 aliphatic rings. The largest absolute Gasteiger partial charge is 0.364 e. The van der Waals surface area contributed by atoms with Gasteiger partial charge in [0.1, 0.15) is 6.26 Å². The van der Waals surface area contributed by atoms with Gasteiger partial charge in [-0.2, -0.15) is 0 Å². The van der Waals surface area contributed by atoms with Crippen LogP contribution in [0.3, 0.4) is 0 Å². The number of hydrogen-bond acceptors (Lipinski definition) is 5. The molecule has 2 rings (SSSR count). The second-order valence-corrected chi connectivity index (χ2v) is 4.01. The van der Waals surface area contributed by atoms with Crippen LogP contribution < -0.4 is 16.6 Å². The molecule has 0 saturated carbocycles. The molecule has 0 aliphatic heterocycles. The lowest BCUT2D eigenvalue weighted by molar-refractivity contribution is 0.408. The van der Waals surface area contributed by atoms with Crippen molar-refractivity contribution in [2.45, 2.75) is 13.1 Å². The van der Waals surface area contributed by atoms with Gasteiger partial charge in [0, 0.05) is 45.0 Å². The average molecular weight is 250 g/mol. The van der Waals surface area contributed by atoms with Crippen molar-refractivity contribution in [2.24, 2.45) is 14.1 Å². The van der Waals surface area contributed by atoms with Crippen molar-refractivity contribution in [3.05, 3.63) is 50.6 Å². The second kappa shape index (κ2) is 5.01. The zero-order valence-electron chi connectivity index (χ0n) is 10.2. The van der Waals surface area contributed by atoms with Crippen molar-refractivity contribution in [1.29, 1.82) is 0 Å². The summed E-state index contributed by atoms with van der Waals surface area (Å²) < 4.78 is 7.17. The molecule has 0 aliphatic carbocycles. The van der Waals surface area contributed by atoms with Crippen LogP contribution in [-0.4, -0.2) is 14.3 Å². The van der Waals surface area contributed by atoms with Crippen LogP contribution in [0.1, 0.15) is 11.3 Å². The molecule has 0 aromatic carbocycles. The highest BCUT2D eigenvalue weighted by molar-refractivity contribution is 5.05. The Hall–Kier alpha value is -2.15. The minimum atomic E-state index is -0.333. The first kappa shape index (κ1) is 12.3. The fourth-order valence-electron chi connectivity index (χ4n) is 1.66. The van der Waals surface area contributed by atoms with Gasteiger partial charge < -0.3 is 14.4 Å². The highest BCUT2D eigenvalue weighted by atomic mass is 16.5. The van der Waals surface area contributed by atoms with E-state index in [4.69, 9.17) is 4.52 Å². The summed E-state index contributed by atoms with van der Waals surface area (Å²) in [7, 11) is 3.08. The molecule has 0 fully saturated rings. The zero-order chi connectivity index (χ0) is 13.1. The molecule has 7 heteroatoms. The Kier molecular flexibility index (Phi) is 3.42. The van der Waals surface area contributed by atoms with Crippen molar-refractivity contribution >= 4 is 0 Å². The number of rotatable bonds is 4. The molecule has 7 nitrogen and oxygen atoms in total. The molecular formula is C11H14N4O3. The van der Waals surface area contributed by atoms with Crippen molar-refractivity contribution in [3.63, 3.8) is 0 Å². The van der Waals surface area contributed by atoms with Gasteiger partial charge in [-0.25, -0.2) is 4.79 Å². The summed E-state index contributed by atoms with van der Waals surface area (Å²) in [6.45, 7) is 0.871. The average Bonchev–Trinajstić information content (AvgIpc) is 2.86. The Labute approximate surface area is 103 Å². The fraction of sp³-hybridized carbons (Fsp3) is 0.364. The summed E-state index contributed by atoms with van der Waals surface area (Å²) in [5, 5.41) is 6.81. The van der Waals surface area contributed by atoms with E-state index in [1.54, 1.807) is 19.3 Å². The van der Waals surface area contributed by atoms with Crippen LogP contribution in [-0.2, 0) is 27.2 Å². The Morgan fingerprint density at radius 2 is 2.11 bits per heavy atom. The third-order valence-electron chi connectivity index (χ3n) is 2.63. The molecule has 2 aromatic heterocycles. The molecule has 0 amide bonds. The van der Waals surface area contributed by atoms with Gasteiger partial charge in [-0.1, -0.05) is 5.16 Å². The van der Waals surface area contributed by atoms with Crippen LogP contribution in [0.15, 0.2) is 32.6 Å². The SMILES string of the molecule is Cn1cc(CNCc2ccon2)c(=O)n(C)c1=O. The number of nitrogens with one attached hydrogen (secondary N) is 1. The molecule has 0 radical (unpaired) electrons. The normalized spacial score (nSPS) is 10.8. The van der Waals surface area contributed by atoms with Gasteiger partial charge in [0.05, 0.1) is 5.69 Å². The maximum Gasteiger partial charge on any atom is 0.330 e. The summed E-state index contributed by atoms with van der Waals surface area (Å²) in [5.41, 5.74) is 0.672. The Morgan fingerprint density at radius 1 is 1.33 bits per heavy atom. The smallest absolute Gasteiger partial charge is 0.330 e. The molecule has 1 N–H and O–H groups in total. The van der Waals surface area contributed by atoms with Gasteiger partial charge in [-0.3, -0.25) is 9.36 Å². The molecule has 0 saturated heterocycles. The fourth-order valence-corrected chi connectivity index (χ4v) is 1.66. The first-order chi connectivity index (χ1) is 8.59. The minimum absolute atomic E-state index is 0.286. The molecule has 96 valence electrons. The lowest BCUT2D eigenvalue weighted by atomic mass is 10.3. The number of aromatic nitrogens is 3. The van der Waals surface area contributed by atoms with Crippen LogP contribution in [0, 0.1) is 0 Å². The molecule has 2 aromatic rings. The van der Waals surface area contributed by atoms with Gasteiger partial charge in [0.25, 0.3) is 5.56 Å². The van der Waals surface area contributed by atoms with Crippen LogP contribution in [0.5, 0.6) is 0 Å². The van der Waals surface area contributed by atoms with Gasteiger partial charge >= 0.3 is 5.69 Å². The highest BCUT2D eigenvalue weighted by Crippen LogP contribution is 1.94. The Morgan fingerprint density at radius 3 is 2.78 bits per heavy atom. The third-order valence-corrected chi connectivity index (χ3v) is 2.63. The van der Waals surface area contributed by atoms with Crippen LogP contribution >= 0.6 is 0 Å². The monoisotopic (exact) mass is 250 g/mol. The van der Waals surface area contributed by atoms with Gasteiger partial charge in [-0.15, -0.1) is 0 Å². The summed E-state index contributed by atoms with van der Waals surface area (Å²) in [5.74, 6) is 0. The Balaban J connectivity index is 2.10. The maximum atomic E-state index is 11.8. The summed E-state index contributed by atoms with van der Waals surface area (Å²) >= 11 is 0. The van der Waals surface area contributed by atoms with E-state index in [0.29, 0.717) is 18.7 Å². The van der Waals surface area contributed by atoms with E-state index >= 15 is 0 Å². The molecule has 0 unspecified atom stereocenters. The van der Waals surface area contributed by atoms with Crippen molar-refractivity contribution < 1.29 is 4.52 Å². The minimum Gasteiger partial charge on any atom is -0.364 e. The standard InChI is InChI=1S/C11H14N4O3/c1-14-7-8(10(16)15(2)11(14)17)5-12-6-9-3-4-18-13-9/h3-4,7,12H,5-6H2,1-2H3. The van der Waals surface area contributed by atoms with E-state index in [2.05, 4.69) is 10.5 Å². The molecular weight excluding hydrogens is 236 g/mol. The van der Waals surface area contributed by atoms with E-state index in [-0.39, 0.29) is 11.2 Å². The topological polar surface area (TPSA) is 82.1 Å². The van der Waals surface area contributed by atoms with Crippen molar-refractivity contribution in [2.75, 3.05) is 0 Å². The van der Waals surface area contributed by atoms with Crippen LogP contribution in [0.4, 0.5) is 0 Å². The molecule has 0 bridgehead atoms. The molecule has 18 heavy (non-hydrogen) atoms. The third kappa shape index (κ3) is 2.40. The molecule has 0 spiro atoms. The summed E-state index contributed by atoms with van der Waals surface area (Å²) in [6, 6.07) is 1.74. The van der Waals surface area contributed by atoms with E-state index < -0.39 is 0 Å². The second-order valence-electron chi connectivity index (χ2n) is 4.01. The van der Waals surface area contributed by atoms with Gasteiger partial charge in [0.15, 0.2) is 0 Å². The first-order valence-corrected chi connectivity index (χ1v) is 5.45. The highest BCUT2D eigenvalue weighted by Gasteiger charge is 2.06. The van der Waals surface area contributed by atoms with Gasteiger partial charge in [0.2, 0.25) is 0 Å². The van der Waals surface area contributed by atoms with E-state index in [1.807, 2.05) is 0 Å². The molecule has 2 heterocycles. The number of nitrogens with zero attached hydrogens (tertiary/aromatic N) is 3. The first-order valence-electron chi connectivity index (χ1n) is 5.45. The van der Waals surface area contributed by atoms with E-state index in [9.17, 15) is 9.59 Å². The van der Waals surface area contributed by atoms with Gasteiger partial charge in [-0.05, 0) is 0 Å². The quantitative estimate of drug-likeness (QED) is 0.780. The van der Waals surface area contributed by atoms with Crippen molar-refractivity contribution in [3.8, 4) is 0 Å². The lowest BCUT2D eigenvalue weighted by Gasteiger charge is -2.07. The summed E-state index contributed by atoms with van der Waals surface area (Å²) in [4.78, 5) is 23.3. The predicted molar refractivity (Wildman–Crippen MR) is 64.0 cm³/mol. The summed E-state index contributed by atoms with van der Waals surface area (Å²) in [6.07, 6.45) is 3.03. The zero-order valence-corrected chi connectivity index (χ0v) is 10.2. The number of hydrogen-bond donors (Lipinski definition) is 1. The van der Waals surface area contributed by atoms with E-state index in [0.717, 1.165) is 10.3 Å². The van der Waals surface area contributed by atoms with Crippen LogP contribution in [0.2, 0.25) is 0 Å².